The van der Waals surface area contributed by atoms with Crippen molar-refractivity contribution in [2.24, 2.45) is 23.7 Å². The van der Waals surface area contributed by atoms with Crippen molar-refractivity contribution >= 4 is 5.91 Å². The van der Waals surface area contributed by atoms with Crippen LogP contribution in [0.1, 0.15) is 53.4 Å². The van der Waals surface area contributed by atoms with E-state index in [1.54, 1.807) is 0 Å². The molecule has 19 heavy (non-hydrogen) atoms. The molecule has 1 N–H and O–H groups in total. The molecule has 1 aliphatic heterocycles. The third-order valence-electron chi connectivity index (χ3n) is 5.09. The Kier molecular flexibility index (Phi) is 4.88. The lowest BCUT2D eigenvalue weighted by Crippen LogP contribution is -2.46. The highest BCUT2D eigenvalue weighted by atomic mass is 16.2. The number of hydrogen-bond acceptors (Lipinski definition) is 2. The first-order valence-electron chi connectivity index (χ1n) is 8.03. The summed E-state index contributed by atoms with van der Waals surface area (Å²) in [6.07, 6.45) is 5.56. The standard InChI is InChI=1S/C16H30N2O/c1-11(2)14(12(3)4)10-18-15(19)9-17-16(18)13-7-5-6-8-13/h11-14,16-17H,5-10H2,1-4H3. The molecule has 110 valence electrons. The third kappa shape index (κ3) is 3.31. The molecule has 1 saturated heterocycles. The maximum atomic E-state index is 12.2. The Hall–Kier alpha value is -0.570. The van der Waals surface area contributed by atoms with Gasteiger partial charge in [-0.2, -0.15) is 0 Å². The van der Waals surface area contributed by atoms with Gasteiger partial charge in [-0.25, -0.2) is 0 Å². The number of rotatable bonds is 5. The zero-order valence-electron chi connectivity index (χ0n) is 13.0. The highest BCUT2D eigenvalue weighted by Crippen LogP contribution is 2.32. The zero-order valence-corrected chi connectivity index (χ0v) is 13.0. The number of amides is 1. The SMILES string of the molecule is CC(C)C(CN1C(=O)CNC1C1CCCC1)C(C)C. The van der Waals surface area contributed by atoms with Crippen molar-refractivity contribution < 1.29 is 4.79 Å². The Morgan fingerprint density at radius 2 is 1.74 bits per heavy atom. The normalized spacial score (nSPS) is 25.5. The molecular weight excluding hydrogens is 236 g/mol. The number of carbonyl (C=O) groups is 1. The summed E-state index contributed by atoms with van der Waals surface area (Å²) in [6, 6.07) is 0. The van der Waals surface area contributed by atoms with Gasteiger partial charge >= 0.3 is 0 Å². The first-order valence-corrected chi connectivity index (χ1v) is 8.03. The lowest BCUT2D eigenvalue weighted by molar-refractivity contribution is -0.129. The van der Waals surface area contributed by atoms with Crippen LogP contribution in [0.3, 0.4) is 0 Å². The van der Waals surface area contributed by atoms with E-state index in [0.717, 1.165) is 6.54 Å². The van der Waals surface area contributed by atoms with Gasteiger partial charge in [0.25, 0.3) is 0 Å². The highest BCUT2D eigenvalue weighted by molar-refractivity contribution is 5.80. The molecular formula is C16H30N2O. The van der Waals surface area contributed by atoms with E-state index in [1.165, 1.54) is 25.7 Å². The van der Waals surface area contributed by atoms with Crippen molar-refractivity contribution in [1.29, 1.82) is 0 Å². The number of nitrogens with one attached hydrogen (secondary N) is 1. The second-order valence-electron chi connectivity index (χ2n) is 7.07. The monoisotopic (exact) mass is 266 g/mol. The van der Waals surface area contributed by atoms with Gasteiger partial charge in [0.2, 0.25) is 5.91 Å². The van der Waals surface area contributed by atoms with Crippen molar-refractivity contribution in [3.8, 4) is 0 Å². The van der Waals surface area contributed by atoms with Gasteiger partial charge in [-0.3, -0.25) is 10.1 Å². The van der Waals surface area contributed by atoms with E-state index in [-0.39, 0.29) is 0 Å². The van der Waals surface area contributed by atoms with Crippen LogP contribution < -0.4 is 5.32 Å². The van der Waals surface area contributed by atoms with E-state index in [2.05, 4.69) is 37.9 Å². The number of nitrogens with zero attached hydrogens (tertiary/aromatic N) is 1. The Labute approximate surface area is 118 Å². The topological polar surface area (TPSA) is 32.3 Å². The molecule has 2 rings (SSSR count). The second-order valence-corrected chi connectivity index (χ2v) is 7.07. The van der Waals surface area contributed by atoms with Crippen molar-refractivity contribution in [1.82, 2.24) is 10.2 Å². The van der Waals surface area contributed by atoms with Crippen LogP contribution in [0, 0.1) is 23.7 Å². The summed E-state index contributed by atoms with van der Waals surface area (Å²) in [5.74, 6) is 2.87. The lowest BCUT2D eigenvalue weighted by Gasteiger charge is -2.35. The third-order valence-corrected chi connectivity index (χ3v) is 5.09. The minimum Gasteiger partial charge on any atom is -0.325 e. The quantitative estimate of drug-likeness (QED) is 0.830. The van der Waals surface area contributed by atoms with Crippen LogP contribution in [0.25, 0.3) is 0 Å². The van der Waals surface area contributed by atoms with Crippen LogP contribution in [-0.2, 0) is 4.79 Å². The molecule has 0 spiro atoms. The molecule has 0 aromatic rings. The van der Waals surface area contributed by atoms with E-state index in [1.807, 2.05) is 0 Å². The molecule has 1 aliphatic carbocycles. The molecule has 2 fully saturated rings. The van der Waals surface area contributed by atoms with Gasteiger partial charge in [-0.05, 0) is 36.5 Å². The fourth-order valence-corrected chi connectivity index (χ4v) is 3.89. The molecule has 3 nitrogen and oxygen atoms in total. The molecule has 1 heterocycles. The van der Waals surface area contributed by atoms with E-state index >= 15 is 0 Å². The van der Waals surface area contributed by atoms with Crippen molar-refractivity contribution in [2.75, 3.05) is 13.1 Å². The molecule has 0 radical (unpaired) electrons. The minimum absolute atomic E-state index is 0.309. The number of carbonyl (C=O) groups excluding carboxylic acids is 1. The van der Waals surface area contributed by atoms with Crippen LogP contribution >= 0.6 is 0 Å². The highest BCUT2D eigenvalue weighted by Gasteiger charge is 2.38. The van der Waals surface area contributed by atoms with E-state index in [0.29, 0.717) is 42.3 Å². The molecule has 0 aromatic carbocycles. The summed E-state index contributed by atoms with van der Waals surface area (Å²) in [6.45, 7) is 10.6. The lowest BCUT2D eigenvalue weighted by atomic mass is 9.85. The average Bonchev–Trinajstić information content (AvgIpc) is 2.94. The number of hydrogen-bond donors (Lipinski definition) is 1. The molecule has 3 heteroatoms. The van der Waals surface area contributed by atoms with Crippen molar-refractivity contribution in [3.05, 3.63) is 0 Å². The van der Waals surface area contributed by atoms with Gasteiger partial charge in [-0.15, -0.1) is 0 Å². The van der Waals surface area contributed by atoms with Gasteiger partial charge in [0.05, 0.1) is 12.7 Å². The van der Waals surface area contributed by atoms with Crippen LogP contribution in [0.5, 0.6) is 0 Å². The zero-order chi connectivity index (χ0) is 14.0. The molecule has 1 saturated carbocycles. The summed E-state index contributed by atoms with van der Waals surface area (Å²) in [7, 11) is 0. The molecule has 1 atom stereocenters. The van der Waals surface area contributed by atoms with E-state index < -0.39 is 0 Å². The van der Waals surface area contributed by atoms with Crippen LogP contribution in [0.15, 0.2) is 0 Å². The second kappa shape index (κ2) is 6.25. The predicted octanol–water partition coefficient (Wildman–Crippen LogP) is 2.86. The van der Waals surface area contributed by atoms with Crippen LogP contribution in [0.2, 0.25) is 0 Å². The summed E-state index contributed by atoms with van der Waals surface area (Å²) < 4.78 is 0. The summed E-state index contributed by atoms with van der Waals surface area (Å²) in [5.41, 5.74) is 0. The summed E-state index contributed by atoms with van der Waals surface area (Å²) in [4.78, 5) is 14.3. The predicted molar refractivity (Wildman–Crippen MR) is 78.6 cm³/mol. The van der Waals surface area contributed by atoms with Gasteiger partial charge in [0.1, 0.15) is 0 Å². The Balaban J connectivity index is 2.04. The molecule has 2 aliphatic rings. The molecule has 1 unspecified atom stereocenters. The van der Waals surface area contributed by atoms with Crippen LogP contribution in [0.4, 0.5) is 0 Å². The first-order chi connectivity index (χ1) is 9.00. The Morgan fingerprint density at radius 1 is 1.16 bits per heavy atom. The maximum absolute atomic E-state index is 12.2. The first kappa shape index (κ1) is 14.8. The minimum atomic E-state index is 0.309. The Morgan fingerprint density at radius 3 is 2.26 bits per heavy atom. The Bertz CT molecular complexity index is 300. The van der Waals surface area contributed by atoms with Gasteiger partial charge in [0, 0.05) is 6.54 Å². The van der Waals surface area contributed by atoms with E-state index in [4.69, 9.17) is 0 Å². The average molecular weight is 266 g/mol. The van der Waals surface area contributed by atoms with Crippen molar-refractivity contribution in [3.63, 3.8) is 0 Å². The molecule has 1 amide bonds. The van der Waals surface area contributed by atoms with Gasteiger partial charge in [0.15, 0.2) is 0 Å². The summed E-state index contributed by atoms with van der Waals surface area (Å²) >= 11 is 0. The smallest absolute Gasteiger partial charge is 0.237 e. The summed E-state index contributed by atoms with van der Waals surface area (Å²) in [5, 5.41) is 3.46. The fraction of sp³-hybridized carbons (Fsp3) is 0.938. The fourth-order valence-electron chi connectivity index (χ4n) is 3.89. The van der Waals surface area contributed by atoms with E-state index in [9.17, 15) is 4.79 Å². The largest absolute Gasteiger partial charge is 0.325 e. The van der Waals surface area contributed by atoms with Gasteiger partial charge in [-0.1, -0.05) is 40.5 Å². The van der Waals surface area contributed by atoms with Gasteiger partial charge < -0.3 is 4.90 Å². The van der Waals surface area contributed by atoms with Crippen LogP contribution in [-0.4, -0.2) is 30.1 Å². The van der Waals surface area contributed by atoms with Crippen molar-refractivity contribution in [2.45, 2.75) is 59.5 Å². The molecule has 0 aromatic heterocycles. The maximum Gasteiger partial charge on any atom is 0.237 e. The molecule has 0 bridgehead atoms.